The van der Waals surface area contributed by atoms with E-state index >= 15 is 0 Å². The van der Waals surface area contributed by atoms with Crippen LogP contribution in [0.25, 0.3) is 10.2 Å². The van der Waals surface area contributed by atoms with Gasteiger partial charge in [-0.15, -0.1) is 11.3 Å². The van der Waals surface area contributed by atoms with Gasteiger partial charge in [-0.25, -0.2) is 4.98 Å². The van der Waals surface area contributed by atoms with Crippen LogP contribution in [0, 0.1) is 6.92 Å². The van der Waals surface area contributed by atoms with Crippen LogP contribution in [0.2, 0.25) is 0 Å². The molecule has 3 aromatic rings. The van der Waals surface area contributed by atoms with Crippen LogP contribution in [-0.2, 0) is 11.3 Å². The Balaban J connectivity index is 1.39. The summed E-state index contributed by atoms with van der Waals surface area (Å²) in [5.74, 6) is -0.111. The van der Waals surface area contributed by atoms with Gasteiger partial charge in [0.15, 0.2) is 0 Å². The van der Waals surface area contributed by atoms with Crippen molar-refractivity contribution in [3.05, 3.63) is 51.9 Å². The summed E-state index contributed by atoms with van der Waals surface area (Å²) in [6.45, 7) is 4.59. The van der Waals surface area contributed by atoms with Crippen molar-refractivity contribution >= 4 is 38.8 Å². The van der Waals surface area contributed by atoms with Crippen LogP contribution in [0.3, 0.4) is 0 Å². The maximum Gasteiger partial charge on any atom is 0.262 e. The molecular weight excluding hydrogens is 360 g/mol. The molecule has 0 atom stereocenters. The first-order valence-electron chi connectivity index (χ1n) is 9.20. The minimum atomic E-state index is -0.111. The number of nitrogens with one attached hydrogen (secondary N) is 1. The zero-order valence-electron chi connectivity index (χ0n) is 15.3. The SMILES string of the molecule is Cc1cc(NC(=O)CCn2cnc3sccc3c2=O)ccc1N1CCCC1. The number of fused-ring (bicyclic) bond motifs is 1. The smallest absolute Gasteiger partial charge is 0.262 e. The quantitative estimate of drug-likeness (QED) is 0.734. The summed E-state index contributed by atoms with van der Waals surface area (Å²) in [5, 5.41) is 5.39. The monoisotopic (exact) mass is 382 g/mol. The van der Waals surface area contributed by atoms with Gasteiger partial charge in [-0.1, -0.05) is 0 Å². The number of anilines is 2. The normalized spacial score (nSPS) is 14.0. The Morgan fingerprint density at radius 1 is 1.26 bits per heavy atom. The van der Waals surface area contributed by atoms with Crippen molar-refractivity contribution in [1.82, 2.24) is 9.55 Å². The fourth-order valence-corrected chi connectivity index (χ4v) is 4.27. The van der Waals surface area contributed by atoms with Crippen LogP contribution >= 0.6 is 11.3 Å². The highest BCUT2D eigenvalue weighted by atomic mass is 32.1. The van der Waals surface area contributed by atoms with Gasteiger partial charge in [0.05, 0.1) is 11.7 Å². The van der Waals surface area contributed by atoms with E-state index in [1.165, 1.54) is 40.8 Å². The van der Waals surface area contributed by atoms with Crippen molar-refractivity contribution < 1.29 is 4.79 Å². The van der Waals surface area contributed by atoms with Crippen molar-refractivity contribution in [1.29, 1.82) is 0 Å². The highest BCUT2D eigenvalue weighted by molar-refractivity contribution is 7.16. The molecule has 2 aromatic heterocycles. The minimum Gasteiger partial charge on any atom is -0.371 e. The van der Waals surface area contributed by atoms with E-state index in [2.05, 4.69) is 28.2 Å². The highest BCUT2D eigenvalue weighted by Gasteiger charge is 2.15. The second-order valence-electron chi connectivity index (χ2n) is 6.88. The number of nitrogens with zero attached hydrogens (tertiary/aromatic N) is 3. The number of carbonyl (C=O) groups is 1. The molecule has 6 nitrogen and oxygen atoms in total. The molecule has 0 spiro atoms. The van der Waals surface area contributed by atoms with E-state index < -0.39 is 0 Å². The molecule has 1 saturated heterocycles. The molecule has 1 N–H and O–H groups in total. The number of aryl methyl sites for hydroxylation is 2. The minimum absolute atomic E-state index is 0.0974. The lowest BCUT2D eigenvalue weighted by atomic mass is 10.1. The molecule has 1 aliphatic rings. The van der Waals surface area contributed by atoms with Crippen molar-refractivity contribution in [2.45, 2.75) is 32.7 Å². The zero-order valence-corrected chi connectivity index (χ0v) is 16.1. The lowest BCUT2D eigenvalue weighted by Gasteiger charge is -2.20. The van der Waals surface area contributed by atoms with Crippen LogP contribution in [-0.4, -0.2) is 28.5 Å². The molecule has 140 valence electrons. The number of aromatic nitrogens is 2. The Hall–Kier alpha value is -2.67. The molecule has 0 saturated carbocycles. The van der Waals surface area contributed by atoms with Crippen LogP contribution in [0.4, 0.5) is 11.4 Å². The fourth-order valence-electron chi connectivity index (χ4n) is 3.54. The van der Waals surface area contributed by atoms with E-state index in [9.17, 15) is 9.59 Å². The lowest BCUT2D eigenvalue weighted by molar-refractivity contribution is -0.116. The molecule has 1 aromatic carbocycles. The van der Waals surface area contributed by atoms with Gasteiger partial charge in [0.2, 0.25) is 5.91 Å². The molecule has 1 amide bonds. The van der Waals surface area contributed by atoms with Gasteiger partial charge >= 0.3 is 0 Å². The summed E-state index contributed by atoms with van der Waals surface area (Å²) >= 11 is 1.44. The largest absolute Gasteiger partial charge is 0.371 e. The van der Waals surface area contributed by atoms with E-state index in [4.69, 9.17) is 0 Å². The van der Waals surface area contributed by atoms with E-state index in [1.54, 1.807) is 6.07 Å². The zero-order chi connectivity index (χ0) is 18.8. The third kappa shape index (κ3) is 3.73. The molecule has 0 unspecified atom stereocenters. The highest BCUT2D eigenvalue weighted by Crippen LogP contribution is 2.26. The van der Waals surface area contributed by atoms with Crippen molar-refractivity contribution in [2.24, 2.45) is 0 Å². The van der Waals surface area contributed by atoms with Crippen molar-refractivity contribution in [3.63, 3.8) is 0 Å². The fraction of sp³-hybridized carbons (Fsp3) is 0.350. The number of rotatable bonds is 5. The summed E-state index contributed by atoms with van der Waals surface area (Å²) in [5.41, 5.74) is 3.10. The van der Waals surface area contributed by atoms with Gasteiger partial charge in [-0.05, 0) is 55.0 Å². The summed E-state index contributed by atoms with van der Waals surface area (Å²) < 4.78 is 1.50. The predicted molar refractivity (Wildman–Crippen MR) is 110 cm³/mol. The summed E-state index contributed by atoms with van der Waals surface area (Å²) in [6.07, 6.45) is 4.22. The number of benzene rings is 1. The van der Waals surface area contributed by atoms with Gasteiger partial charge in [0.1, 0.15) is 4.83 Å². The Bertz CT molecular complexity index is 1030. The van der Waals surface area contributed by atoms with Crippen molar-refractivity contribution in [3.8, 4) is 0 Å². The number of hydrogen-bond donors (Lipinski definition) is 1. The van der Waals surface area contributed by atoms with Gasteiger partial charge in [-0.3, -0.25) is 14.2 Å². The molecule has 4 rings (SSSR count). The molecule has 1 aliphatic heterocycles. The molecule has 1 fully saturated rings. The molecule has 3 heterocycles. The molecule has 0 bridgehead atoms. The number of carbonyl (C=O) groups excluding carboxylic acids is 1. The third-order valence-corrected chi connectivity index (χ3v) is 5.78. The first-order valence-corrected chi connectivity index (χ1v) is 10.1. The van der Waals surface area contributed by atoms with Crippen LogP contribution in [0.5, 0.6) is 0 Å². The van der Waals surface area contributed by atoms with Gasteiger partial charge in [-0.2, -0.15) is 0 Å². The predicted octanol–water partition coefficient (Wildman–Crippen LogP) is 3.40. The first kappa shape index (κ1) is 17.7. The Morgan fingerprint density at radius 2 is 2.07 bits per heavy atom. The van der Waals surface area contributed by atoms with E-state index in [0.29, 0.717) is 11.9 Å². The molecule has 0 aliphatic carbocycles. The summed E-state index contributed by atoms with van der Waals surface area (Å²) in [7, 11) is 0. The topological polar surface area (TPSA) is 67.2 Å². The second kappa shape index (κ2) is 7.52. The molecular formula is C20H22N4O2S. The lowest BCUT2D eigenvalue weighted by Crippen LogP contribution is -2.23. The second-order valence-corrected chi connectivity index (χ2v) is 7.77. The van der Waals surface area contributed by atoms with Gasteiger partial charge in [0.25, 0.3) is 5.56 Å². The van der Waals surface area contributed by atoms with E-state index in [0.717, 1.165) is 29.2 Å². The number of hydrogen-bond acceptors (Lipinski definition) is 5. The average molecular weight is 382 g/mol. The standard InChI is InChI=1S/C20H22N4O2S/c1-14-12-15(4-5-17(14)23-8-2-3-9-23)22-18(25)6-10-24-13-21-19-16(20(24)26)7-11-27-19/h4-5,7,11-13H,2-3,6,8-10H2,1H3,(H,22,25). The number of thiophene rings is 1. The van der Waals surface area contributed by atoms with Crippen LogP contribution in [0.1, 0.15) is 24.8 Å². The maximum absolute atomic E-state index is 12.4. The van der Waals surface area contributed by atoms with E-state index in [-0.39, 0.29) is 17.9 Å². The Labute approximate surface area is 161 Å². The van der Waals surface area contributed by atoms with Gasteiger partial charge < -0.3 is 10.2 Å². The Kier molecular flexibility index (Phi) is 4.94. The first-order chi connectivity index (χ1) is 13.1. The molecule has 0 radical (unpaired) electrons. The van der Waals surface area contributed by atoms with Crippen molar-refractivity contribution in [2.75, 3.05) is 23.3 Å². The molecule has 27 heavy (non-hydrogen) atoms. The third-order valence-electron chi connectivity index (χ3n) is 4.96. The Morgan fingerprint density at radius 3 is 2.85 bits per heavy atom. The number of amides is 1. The van der Waals surface area contributed by atoms with Gasteiger partial charge in [0, 0.05) is 37.4 Å². The van der Waals surface area contributed by atoms with E-state index in [1.807, 2.05) is 17.5 Å². The van der Waals surface area contributed by atoms with Crippen LogP contribution in [0.15, 0.2) is 40.8 Å². The average Bonchev–Trinajstić information content (AvgIpc) is 3.33. The molecule has 7 heteroatoms. The summed E-state index contributed by atoms with van der Waals surface area (Å²) in [4.78, 5) is 32.1. The maximum atomic E-state index is 12.4. The summed E-state index contributed by atoms with van der Waals surface area (Å²) in [6, 6.07) is 7.81. The van der Waals surface area contributed by atoms with Crippen LogP contribution < -0.4 is 15.8 Å².